The smallest absolute Gasteiger partial charge is 0.129 e. The molecule has 0 saturated carbocycles. The average molecular weight is 327 g/mol. The molecular formula is C17H15BrN2. The Morgan fingerprint density at radius 1 is 1.05 bits per heavy atom. The van der Waals surface area contributed by atoms with E-state index in [-0.39, 0.29) is 0 Å². The summed E-state index contributed by atoms with van der Waals surface area (Å²) < 4.78 is 1.10. The number of aryl methyl sites for hydroxylation is 1. The maximum absolute atomic E-state index is 4.69. The second-order valence-electron chi connectivity index (χ2n) is 4.83. The second-order valence-corrected chi connectivity index (χ2v) is 5.75. The molecule has 20 heavy (non-hydrogen) atoms. The van der Waals surface area contributed by atoms with Gasteiger partial charge in [0.15, 0.2) is 0 Å². The molecule has 3 heteroatoms. The normalized spacial score (nSPS) is 10.7. The summed E-state index contributed by atoms with van der Waals surface area (Å²) >= 11 is 3.49. The minimum absolute atomic E-state index is 0.769. The first-order chi connectivity index (χ1) is 9.72. The van der Waals surface area contributed by atoms with Gasteiger partial charge in [0.2, 0.25) is 0 Å². The van der Waals surface area contributed by atoms with Gasteiger partial charge in [-0.25, -0.2) is 4.98 Å². The number of fused-ring (bicyclic) bond motifs is 1. The van der Waals surface area contributed by atoms with Crippen LogP contribution in [0.3, 0.4) is 0 Å². The summed E-state index contributed by atoms with van der Waals surface area (Å²) in [6.07, 6.45) is 0. The number of rotatable bonds is 3. The fraction of sp³-hybridized carbons (Fsp3) is 0.118. The highest BCUT2D eigenvalue weighted by Gasteiger charge is 2.03. The summed E-state index contributed by atoms with van der Waals surface area (Å²) in [4.78, 5) is 4.69. The number of para-hydroxylation sites is 1. The van der Waals surface area contributed by atoms with Crippen LogP contribution in [0, 0.1) is 6.92 Å². The zero-order valence-corrected chi connectivity index (χ0v) is 12.8. The van der Waals surface area contributed by atoms with E-state index >= 15 is 0 Å². The molecule has 1 N–H and O–H groups in total. The van der Waals surface area contributed by atoms with Gasteiger partial charge in [0, 0.05) is 16.4 Å². The van der Waals surface area contributed by atoms with Crippen LogP contribution in [0.5, 0.6) is 0 Å². The molecule has 0 spiro atoms. The molecule has 0 aliphatic heterocycles. The van der Waals surface area contributed by atoms with Crippen molar-refractivity contribution in [1.29, 1.82) is 0 Å². The Labute approximate surface area is 127 Å². The zero-order chi connectivity index (χ0) is 13.9. The van der Waals surface area contributed by atoms with Gasteiger partial charge >= 0.3 is 0 Å². The highest BCUT2D eigenvalue weighted by molar-refractivity contribution is 9.10. The van der Waals surface area contributed by atoms with Gasteiger partial charge in [0.05, 0.1) is 5.52 Å². The van der Waals surface area contributed by atoms with Crippen LogP contribution in [0.1, 0.15) is 11.1 Å². The SMILES string of the molecule is Cc1cc2ccccc2nc1NCc1cccc(Br)c1. The predicted molar refractivity (Wildman–Crippen MR) is 87.9 cm³/mol. The van der Waals surface area contributed by atoms with Gasteiger partial charge < -0.3 is 5.32 Å². The third kappa shape index (κ3) is 2.83. The van der Waals surface area contributed by atoms with Crippen molar-refractivity contribution in [3.63, 3.8) is 0 Å². The molecule has 0 atom stereocenters. The number of benzene rings is 2. The maximum atomic E-state index is 4.69. The highest BCUT2D eigenvalue weighted by atomic mass is 79.9. The average Bonchev–Trinajstić information content (AvgIpc) is 2.45. The van der Waals surface area contributed by atoms with Crippen molar-refractivity contribution in [2.75, 3.05) is 5.32 Å². The molecule has 0 bridgehead atoms. The number of aromatic nitrogens is 1. The van der Waals surface area contributed by atoms with E-state index in [1.165, 1.54) is 16.5 Å². The number of hydrogen-bond acceptors (Lipinski definition) is 2. The Morgan fingerprint density at radius 2 is 1.90 bits per heavy atom. The van der Waals surface area contributed by atoms with E-state index in [0.717, 1.165) is 22.4 Å². The fourth-order valence-electron chi connectivity index (χ4n) is 2.23. The molecule has 0 amide bonds. The Kier molecular flexibility index (Phi) is 3.70. The van der Waals surface area contributed by atoms with E-state index in [1.54, 1.807) is 0 Å². The number of hydrogen-bond donors (Lipinski definition) is 1. The molecule has 100 valence electrons. The molecule has 0 fully saturated rings. The molecule has 3 rings (SSSR count). The predicted octanol–water partition coefficient (Wildman–Crippen LogP) is 4.92. The molecule has 2 aromatic carbocycles. The monoisotopic (exact) mass is 326 g/mol. The van der Waals surface area contributed by atoms with Crippen LogP contribution in [0.25, 0.3) is 10.9 Å². The van der Waals surface area contributed by atoms with Gasteiger partial charge in [-0.15, -0.1) is 0 Å². The van der Waals surface area contributed by atoms with E-state index in [4.69, 9.17) is 0 Å². The second kappa shape index (κ2) is 5.63. The van der Waals surface area contributed by atoms with Crippen molar-refractivity contribution < 1.29 is 0 Å². The number of pyridine rings is 1. The van der Waals surface area contributed by atoms with Gasteiger partial charge in [0.1, 0.15) is 5.82 Å². The zero-order valence-electron chi connectivity index (χ0n) is 11.2. The summed E-state index contributed by atoms with van der Waals surface area (Å²) in [5.74, 6) is 0.948. The van der Waals surface area contributed by atoms with Gasteiger partial charge in [0.25, 0.3) is 0 Å². The minimum atomic E-state index is 0.769. The van der Waals surface area contributed by atoms with Gasteiger partial charge in [-0.1, -0.05) is 46.3 Å². The summed E-state index contributed by atoms with van der Waals surface area (Å²) in [6.45, 7) is 2.86. The Morgan fingerprint density at radius 3 is 2.75 bits per heavy atom. The maximum Gasteiger partial charge on any atom is 0.129 e. The van der Waals surface area contributed by atoms with Gasteiger partial charge in [-0.2, -0.15) is 0 Å². The molecule has 0 aliphatic carbocycles. The van der Waals surface area contributed by atoms with E-state index in [2.05, 4.69) is 57.4 Å². The van der Waals surface area contributed by atoms with E-state index in [0.29, 0.717) is 0 Å². The first-order valence-electron chi connectivity index (χ1n) is 6.57. The quantitative estimate of drug-likeness (QED) is 0.739. The molecule has 0 aliphatic rings. The summed E-state index contributed by atoms with van der Waals surface area (Å²) in [6, 6.07) is 18.7. The van der Waals surface area contributed by atoms with E-state index in [1.807, 2.05) is 30.3 Å². The van der Waals surface area contributed by atoms with Crippen molar-refractivity contribution in [2.45, 2.75) is 13.5 Å². The summed E-state index contributed by atoms with van der Waals surface area (Å²) in [7, 11) is 0. The number of nitrogens with zero attached hydrogens (tertiary/aromatic N) is 1. The van der Waals surface area contributed by atoms with Crippen LogP contribution in [-0.2, 0) is 6.54 Å². The lowest BCUT2D eigenvalue weighted by Crippen LogP contribution is -2.03. The van der Waals surface area contributed by atoms with Gasteiger partial charge in [-0.3, -0.25) is 0 Å². The third-order valence-corrected chi connectivity index (χ3v) is 3.76. The number of halogens is 1. The first kappa shape index (κ1) is 13.1. The van der Waals surface area contributed by atoms with Crippen molar-refractivity contribution in [2.24, 2.45) is 0 Å². The molecule has 0 unspecified atom stereocenters. The molecule has 0 radical (unpaired) electrons. The van der Waals surface area contributed by atoms with Crippen molar-refractivity contribution in [1.82, 2.24) is 4.98 Å². The Hall–Kier alpha value is -1.87. The van der Waals surface area contributed by atoms with Gasteiger partial charge in [-0.05, 0) is 42.3 Å². The summed E-state index contributed by atoms with van der Waals surface area (Å²) in [5, 5.41) is 4.60. The van der Waals surface area contributed by atoms with Crippen LogP contribution in [0.2, 0.25) is 0 Å². The molecule has 0 saturated heterocycles. The lowest BCUT2D eigenvalue weighted by atomic mass is 10.1. The molecular weight excluding hydrogens is 312 g/mol. The highest BCUT2D eigenvalue weighted by Crippen LogP contribution is 2.20. The Balaban J connectivity index is 1.85. The van der Waals surface area contributed by atoms with Crippen LogP contribution < -0.4 is 5.32 Å². The van der Waals surface area contributed by atoms with Crippen LogP contribution in [-0.4, -0.2) is 4.98 Å². The largest absolute Gasteiger partial charge is 0.366 e. The third-order valence-electron chi connectivity index (χ3n) is 3.26. The molecule has 2 nitrogen and oxygen atoms in total. The Bertz CT molecular complexity index is 753. The van der Waals surface area contributed by atoms with Crippen molar-refractivity contribution in [3.8, 4) is 0 Å². The minimum Gasteiger partial charge on any atom is -0.366 e. The number of anilines is 1. The van der Waals surface area contributed by atoms with Crippen LogP contribution >= 0.6 is 15.9 Å². The topological polar surface area (TPSA) is 24.9 Å². The number of nitrogens with one attached hydrogen (secondary N) is 1. The first-order valence-corrected chi connectivity index (χ1v) is 7.36. The lowest BCUT2D eigenvalue weighted by molar-refractivity contribution is 1.11. The lowest BCUT2D eigenvalue weighted by Gasteiger charge is -2.10. The summed E-state index contributed by atoms with van der Waals surface area (Å²) in [5.41, 5.74) is 3.42. The van der Waals surface area contributed by atoms with Crippen molar-refractivity contribution >= 4 is 32.7 Å². The molecule has 1 aromatic heterocycles. The fourth-order valence-corrected chi connectivity index (χ4v) is 2.68. The van der Waals surface area contributed by atoms with Crippen LogP contribution in [0.15, 0.2) is 59.1 Å². The van der Waals surface area contributed by atoms with E-state index in [9.17, 15) is 0 Å². The molecule has 3 aromatic rings. The molecule has 1 heterocycles. The van der Waals surface area contributed by atoms with E-state index < -0.39 is 0 Å². The standard InChI is InChI=1S/C17H15BrN2/c1-12-9-14-6-2-3-8-16(14)20-17(12)19-11-13-5-4-7-15(18)10-13/h2-10H,11H2,1H3,(H,19,20). The van der Waals surface area contributed by atoms with Crippen LogP contribution in [0.4, 0.5) is 5.82 Å². The van der Waals surface area contributed by atoms with Crippen molar-refractivity contribution in [3.05, 3.63) is 70.2 Å².